The number of aromatic nitrogens is 1. The van der Waals surface area contributed by atoms with Crippen LogP contribution in [0.1, 0.15) is 12.6 Å². The third-order valence-electron chi connectivity index (χ3n) is 5.87. The molecule has 2 unspecified atom stereocenters. The molecule has 0 aliphatic carbocycles. The number of fused-ring (bicyclic) bond motifs is 1. The zero-order valence-corrected chi connectivity index (χ0v) is 16.7. The van der Waals surface area contributed by atoms with Crippen molar-refractivity contribution in [3.63, 3.8) is 0 Å². The largest absolute Gasteiger partial charge is 0.329 e. The van der Waals surface area contributed by atoms with Crippen molar-refractivity contribution in [1.82, 2.24) is 20.1 Å². The minimum Gasteiger partial charge on any atom is -0.326 e. The van der Waals surface area contributed by atoms with Crippen LogP contribution >= 0.6 is 0 Å². The predicted octanol–water partition coefficient (Wildman–Crippen LogP) is 2.99. The molecule has 0 spiro atoms. The van der Waals surface area contributed by atoms with Crippen molar-refractivity contribution in [2.75, 3.05) is 24.7 Å². The molecule has 1 saturated heterocycles. The summed E-state index contributed by atoms with van der Waals surface area (Å²) in [7, 11) is 0. The highest BCUT2D eigenvalue weighted by molar-refractivity contribution is 6.02. The molecule has 3 aliphatic heterocycles. The van der Waals surface area contributed by atoms with Crippen molar-refractivity contribution < 1.29 is 9.18 Å². The van der Waals surface area contributed by atoms with Gasteiger partial charge in [-0.15, -0.1) is 0 Å². The summed E-state index contributed by atoms with van der Waals surface area (Å²) >= 11 is 0. The van der Waals surface area contributed by atoms with Gasteiger partial charge in [-0.3, -0.25) is 20.1 Å². The fourth-order valence-electron chi connectivity index (χ4n) is 4.30. The first-order valence-electron chi connectivity index (χ1n) is 10.1. The van der Waals surface area contributed by atoms with Crippen LogP contribution in [0.4, 0.5) is 14.9 Å². The van der Waals surface area contributed by atoms with Crippen LogP contribution in [0.3, 0.4) is 0 Å². The Morgan fingerprint density at radius 2 is 2.00 bits per heavy atom. The Morgan fingerprint density at radius 1 is 1.17 bits per heavy atom. The molecule has 1 N–H and O–H groups in total. The summed E-state index contributed by atoms with van der Waals surface area (Å²) in [6.45, 7) is 5.09. The number of nitrogens with zero attached hydrogens (tertiary/aromatic N) is 5. The van der Waals surface area contributed by atoms with Crippen LogP contribution < -0.4 is 10.2 Å². The minimum absolute atomic E-state index is 0.153. The van der Waals surface area contributed by atoms with Gasteiger partial charge in [0.1, 0.15) is 18.3 Å². The van der Waals surface area contributed by atoms with E-state index in [4.69, 9.17) is 4.99 Å². The van der Waals surface area contributed by atoms with Crippen LogP contribution in [-0.2, 0) is 6.54 Å². The highest BCUT2D eigenvalue weighted by Gasteiger charge is 2.39. The molecule has 0 bridgehead atoms. The van der Waals surface area contributed by atoms with Gasteiger partial charge in [0, 0.05) is 43.6 Å². The zero-order chi connectivity index (χ0) is 20.7. The molecule has 8 heteroatoms. The molecule has 154 valence electrons. The van der Waals surface area contributed by atoms with Gasteiger partial charge in [0.25, 0.3) is 0 Å². The van der Waals surface area contributed by atoms with Crippen molar-refractivity contribution in [3.8, 4) is 0 Å². The Labute approximate surface area is 174 Å². The third-order valence-corrected chi connectivity index (χ3v) is 5.87. The first-order chi connectivity index (χ1) is 14.6. The molecule has 5 rings (SSSR count). The molecule has 2 amide bonds. The molecule has 2 aromatic rings. The summed E-state index contributed by atoms with van der Waals surface area (Å²) in [5.41, 5.74) is 1.86. The number of amides is 2. The SMILES string of the molecule is CC1CN(Cc2ccccn2)CC1C1=NC2=CN(c3ccc(F)cc3)CN2C(=O)N1. The number of likely N-dealkylation sites (tertiary alicyclic amines) is 1. The molecule has 0 saturated carbocycles. The fourth-order valence-corrected chi connectivity index (χ4v) is 4.30. The maximum atomic E-state index is 13.2. The molecular weight excluding hydrogens is 383 g/mol. The molecule has 0 radical (unpaired) electrons. The zero-order valence-electron chi connectivity index (χ0n) is 16.7. The maximum absolute atomic E-state index is 13.2. The number of pyridine rings is 1. The fraction of sp³-hybridized carbons (Fsp3) is 0.318. The number of nitrogens with one attached hydrogen (secondary N) is 1. The molecule has 7 nitrogen and oxygen atoms in total. The molecule has 2 atom stereocenters. The van der Waals surface area contributed by atoms with Crippen LogP contribution in [-0.4, -0.2) is 46.4 Å². The van der Waals surface area contributed by atoms with Crippen molar-refractivity contribution in [2.24, 2.45) is 16.8 Å². The Kier molecular flexibility index (Phi) is 4.71. The molecule has 1 aromatic heterocycles. The van der Waals surface area contributed by atoms with Crippen molar-refractivity contribution in [1.29, 1.82) is 0 Å². The van der Waals surface area contributed by atoms with Crippen LogP contribution in [0.5, 0.6) is 0 Å². The van der Waals surface area contributed by atoms with Crippen LogP contribution in [0.2, 0.25) is 0 Å². The van der Waals surface area contributed by atoms with Crippen molar-refractivity contribution >= 4 is 17.6 Å². The number of anilines is 1. The summed E-state index contributed by atoms with van der Waals surface area (Å²) < 4.78 is 13.2. The van der Waals surface area contributed by atoms with E-state index >= 15 is 0 Å². The maximum Gasteiger partial charge on any atom is 0.329 e. The summed E-state index contributed by atoms with van der Waals surface area (Å²) in [4.78, 5) is 27.8. The van der Waals surface area contributed by atoms with Gasteiger partial charge in [-0.25, -0.2) is 14.2 Å². The number of hydrogen-bond donors (Lipinski definition) is 1. The Bertz CT molecular complexity index is 1010. The Balaban J connectivity index is 1.33. The van der Waals surface area contributed by atoms with Crippen LogP contribution in [0.25, 0.3) is 0 Å². The molecule has 3 aliphatic rings. The summed E-state index contributed by atoms with van der Waals surface area (Å²) in [5.74, 6) is 1.58. The van der Waals surface area contributed by atoms with Gasteiger partial charge >= 0.3 is 6.03 Å². The number of halogens is 1. The molecule has 1 fully saturated rings. The molecular formula is C22H23FN6O. The second-order valence-electron chi connectivity index (χ2n) is 8.03. The van der Waals surface area contributed by atoms with Gasteiger partial charge in [0.15, 0.2) is 5.82 Å². The van der Waals surface area contributed by atoms with Crippen molar-refractivity contribution in [2.45, 2.75) is 13.5 Å². The Hall–Kier alpha value is -3.26. The number of aliphatic imine (C=N–C) groups is 1. The van der Waals surface area contributed by atoms with Gasteiger partial charge in [0.2, 0.25) is 0 Å². The second-order valence-corrected chi connectivity index (χ2v) is 8.03. The van der Waals surface area contributed by atoms with E-state index in [2.05, 4.69) is 22.1 Å². The number of amidine groups is 1. The number of hydrogen-bond acceptors (Lipinski definition) is 5. The molecule has 4 heterocycles. The summed E-state index contributed by atoms with van der Waals surface area (Å²) in [5, 5.41) is 2.99. The van der Waals surface area contributed by atoms with E-state index < -0.39 is 0 Å². The predicted molar refractivity (Wildman–Crippen MR) is 112 cm³/mol. The smallest absolute Gasteiger partial charge is 0.326 e. The standard InChI is InChI=1S/C22H23FN6O/c1-15-10-27(11-17-4-2-3-9-24-17)12-19(15)21-25-20-13-28(14-29(20)22(30)26-21)18-7-5-16(23)6-8-18/h2-9,13,15,19H,10-12,14H2,1H3,(H,25,26,30). The lowest BCUT2D eigenvalue weighted by molar-refractivity contribution is 0.216. The second kappa shape index (κ2) is 7.53. The quantitative estimate of drug-likeness (QED) is 0.848. The number of carbonyl (C=O) groups excluding carboxylic acids is 1. The van der Waals surface area contributed by atoms with E-state index in [9.17, 15) is 9.18 Å². The van der Waals surface area contributed by atoms with E-state index in [0.29, 0.717) is 18.4 Å². The number of rotatable bonds is 4. The highest BCUT2D eigenvalue weighted by Crippen LogP contribution is 2.30. The first-order valence-corrected chi connectivity index (χ1v) is 10.1. The monoisotopic (exact) mass is 406 g/mol. The minimum atomic E-state index is -0.285. The molecule has 30 heavy (non-hydrogen) atoms. The van der Waals surface area contributed by atoms with E-state index in [1.807, 2.05) is 35.5 Å². The third kappa shape index (κ3) is 3.54. The number of urea groups is 1. The lowest BCUT2D eigenvalue weighted by Crippen LogP contribution is -2.49. The number of carbonyl (C=O) groups is 1. The van der Waals surface area contributed by atoms with E-state index in [1.54, 1.807) is 17.0 Å². The van der Waals surface area contributed by atoms with Gasteiger partial charge < -0.3 is 4.90 Å². The summed E-state index contributed by atoms with van der Waals surface area (Å²) in [6, 6.07) is 12.0. The highest BCUT2D eigenvalue weighted by atomic mass is 19.1. The Morgan fingerprint density at radius 3 is 2.77 bits per heavy atom. The van der Waals surface area contributed by atoms with E-state index in [-0.39, 0.29) is 17.8 Å². The average Bonchev–Trinajstić information content (AvgIpc) is 3.33. The topological polar surface area (TPSA) is 64.1 Å². The van der Waals surface area contributed by atoms with E-state index in [0.717, 1.165) is 36.9 Å². The van der Waals surface area contributed by atoms with Crippen LogP contribution in [0.15, 0.2) is 65.7 Å². The van der Waals surface area contributed by atoms with Gasteiger partial charge in [-0.1, -0.05) is 13.0 Å². The van der Waals surface area contributed by atoms with Gasteiger partial charge in [0.05, 0.1) is 5.69 Å². The molecule has 1 aromatic carbocycles. The first kappa shape index (κ1) is 18.7. The number of benzene rings is 1. The lowest BCUT2D eigenvalue weighted by atomic mass is 9.96. The summed E-state index contributed by atoms with van der Waals surface area (Å²) in [6.07, 6.45) is 3.66. The van der Waals surface area contributed by atoms with E-state index in [1.165, 1.54) is 12.1 Å². The van der Waals surface area contributed by atoms with Gasteiger partial charge in [-0.2, -0.15) is 0 Å². The van der Waals surface area contributed by atoms with Crippen LogP contribution in [0, 0.1) is 17.7 Å². The van der Waals surface area contributed by atoms with Crippen molar-refractivity contribution in [3.05, 3.63) is 72.2 Å². The normalized spacial score (nSPS) is 23.9. The van der Waals surface area contributed by atoms with Gasteiger partial charge in [-0.05, 0) is 42.3 Å². The average molecular weight is 406 g/mol. The lowest BCUT2D eigenvalue weighted by Gasteiger charge is -2.28.